The summed E-state index contributed by atoms with van der Waals surface area (Å²) >= 11 is 3.42. The number of carbonyl (C=O) groups is 2. The lowest BCUT2D eigenvalue weighted by molar-refractivity contribution is -0.144. The molecule has 25 heavy (non-hydrogen) atoms. The third-order valence-electron chi connectivity index (χ3n) is 5.37. The van der Waals surface area contributed by atoms with Gasteiger partial charge in [0.15, 0.2) is 5.54 Å². The second kappa shape index (κ2) is 5.68. The summed E-state index contributed by atoms with van der Waals surface area (Å²) in [6, 6.07) is 15.2. The molecular formula is C19H17BrN2O3. The number of amides is 2. The van der Waals surface area contributed by atoms with Crippen molar-refractivity contribution in [3.63, 3.8) is 0 Å². The Kier molecular flexibility index (Phi) is 3.70. The summed E-state index contributed by atoms with van der Waals surface area (Å²) in [4.78, 5) is 28.1. The summed E-state index contributed by atoms with van der Waals surface area (Å²) in [6.45, 7) is 0. The lowest BCUT2D eigenvalue weighted by Gasteiger charge is -2.36. The minimum atomic E-state index is -1.21. The van der Waals surface area contributed by atoms with Crippen LogP contribution < -0.4 is 4.90 Å². The Morgan fingerprint density at radius 3 is 2.56 bits per heavy atom. The number of fused-ring (bicyclic) bond motifs is 2. The smallest absolute Gasteiger partial charge is 0.258 e. The highest BCUT2D eigenvalue weighted by molar-refractivity contribution is 9.10. The largest absolute Gasteiger partial charge is 0.373 e. The number of hydrogen-bond donors (Lipinski definition) is 1. The molecule has 5 nitrogen and oxygen atoms in total. The Morgan fingerprint density at radius 1 is 1.20 bits per heavy atom. The molecule has 2 amide bonds. The van der Waals surface area contributed by atoms with Gasteiger partial charge >= 0.3 is 0 Å². The van der Waals surface area contributed by atoms with E-state index < -0.39 is 11.8 Å². The predicted molar refractivity (Wildman–Crippen MR) is 96.9 cm³/mol. The van der Waals surface area contributed by atoms with Crippen molar-refractivity contribution in [2.24, 2.45) is 0 Å². The van der Waals surface area contributed by atoms with Gasteiger partial charge in [0.25, 0.3) is 5.91 Å². The number of likely N-dealkylation sites (N-methyl/N-ethyl adjacent to an activating group) is 1. The van der Waals surface area contributed by atoms with Crippen LogP contribution in [0, 0.1) is 0 Å². The number of likely N-dealkylation sites (tertiary alicyclic amines) is 1. The fraction of sp³-hybridized carbons (Fsp3) is 0.263. The van der Waals surface area contributed by atoms with Crippen LogP contribution in [0.25, 0.3) is 0 Å². The third-order valence-corrected chi connectivity index (χ3v) is 5.90. The monoisotopic (exact) mass is 400 g/mol. The molecule has 1 saturated heterocycles. The molecule has 2 aliphatic rings. The summed E-state index contributed by atoms with van der Waals surface area (Å²) < 4.78 is 0.936. The molecule has 1 spiro atoms. The van der Waals surface area contributed by atoms with Crippen LogP contribution in [0.3, 0.4) is 0 Å². The van der Waals surface area contributed by atoms with Crippen molar-refractivity contribution in [2.75, 3.05) is 11.9 Å². The standard InChI is InChI=1S/C19H17BrN2O3/c1-21-16-5-3-2-4-14(16)19(18(21)25)15(10-17(24)22(19)11-23)12-6-8-13(20)9-7-12/h2-9,11,15,17,24H,10H2,1H3/t15?,17?,19-/m0/s1. The Balaban J connectivity index is 1.99. The summed E-state index contributed by atoms with van der Waals surface area (Å²) in [7, 11) is 1.71. The molecule has 2 unspecified atom stereocenters. The quantitative estimate of drug-likeness (QED) is 0.788. The molecule has 2 heterocycles. The zero-order chi connectivity index (χ0) is 17.8. The van der Waals surface area contributed by atoms with Crippen LogP contribution in [0.5, 0.6) is 0 Å². The molecule has 0 bridgehead atoms. The van der Waals surface area contributed by atoms with E-state index in [1.54, 1.807) is 11.9 Å². The number of anilines is 1. The van der Waals surface area contributed by atoms with E-state index in [9.17, 15) is 14.7 Å². The van der Waals surface area contributed by atoms with Gasteiger partial charge in [0.1, 0.15) is 6.23 Å². The zero-order valence-electron chi connectivity index (χ0n) is 13.6. The number of benzene rings is 2. The average Bonchev–Trinajstić information content (AvgIpc) is 3.04. The number of carbonyl (C=O) groups excluding carboxylic acids is 2. The van der Waals surface area contributed by atoms with Crippen LogP contribution in [-0.2, 0) is 15.1 Å². The molecule has 6 heteroatoms. The molecule has 0 saturated carbocycles. The minimum absolute atomic E-state index is 0.190. The van der Waals surface area contributed by atoms with Crippen LogP contribution >= 0.6 is 15.9 Å². The van der Waals surface area contributed by atoms with Crippen LogP contribution in [0.4, 0.5) is 5.69 Å². The first-order chi connectivity index (χ1) is 12.0. The molecule has 3 atom stereocenters. The van der Waals surface area contributed by atoms with E-state index >= 15 is 0 Å². The van der Waals surface area contributed by atoms with Crippen molar-refractivity contribution in [3.05, 3.63) is 64.1 Å². The molecule has 2 aromatic carbocycles. The van der Waals surface area contributed by atoms with Gasteiger partial charge in [0.2, 0.25) is 6.41 Å². The number of halogens is 1. The van der Waals surface area contributed by atoms with Crippen LogP contribution in [0.15, 0.2) is 53.0 Å². The second-order valence-electron chi connectivity index (χ2n) is 6.48. The minimum Gasteiger partial charge on any atom is -0.373 e. The molecule has 1 N–H and O–H groups in total. The second-order valence-corrected chi connectivity index (χ2v) is 7.40. The van der Waals surface area contributed by atoms with E-state index in [-0.39, 0.29) is 11.8 Å². The topological polar surface area (TPSA) is 60.9 Å². The molecule has 4 rings (SSSR count). The first-order valence-corrected chi connectivity index (χ1v) is 8.86. The van der Waals surface area contributed by atoms with Crippen LogP contribution in [0.2, 0.25) is 0 Å². The Labute approximate surface area is 154 Å². The summed E-state index contributed by atoms with van der Waals surface area (Å²) in [5, 5.41) is 10.5. The molecule has 2 aliphatic heterocycles. The van der Waals surface area contributed by atoms with E-state index in [0.717, 1.165) is 21.3 Å². The average molecular weight is 401 g/mol. The first-order valence-electron chi connectivity index (χ1n) is 8.06. The lowest BCUT2D eigenvalue weighted by atomic mass is 9.76. The predicted octanol–water partition coefficient (Wildman–Crippen LogP) is 2.59. The highest BCUT2D eigenvalue weighted by Gasteiger charge is 2.64. The normalized spacial score (nSPS) is 27.9. The summed E-state index contributed by atoms with van der Waals surface area (Å²) in [5.74, 6) is -0.510. The molecule has 2 aromatic rings. The molecule has 128 valence electrons. The molecular weight excluding hydrogens is 384 g/mol. The maximum atomic E-state index is 13.4. The number of rotatable bonds is 2. The van der Waals surface area contributed by atoms with E-state index in [0.29, 0.717) is 12.8 Å². The third kappa shape index (κ3) is 2.04. The van der Waals surface area contributed by atoms with Crippen molar-refractivity contribution in [1.82, 2.24) is 4.90 Å². The zero-order valence-corrected chi connectivity index (χ0v) is 15.2. The maximum absolute atomic E-state index is 13.4. The van der Waals surface area contributed by atoms with E-state index in [1.807, 2.05) is 48.5 Å². The first kappa shape index (κ1) is 16.3. The van der Waals surface area contributed by atoms with Crippen molar-refractivity contribution >= 4 is 33.9 Å². The molecule has 0 radical (unpaired) electrons. The number of nitrogens with zero attached hydrogens (tertiary/aromatic N) is 2. The number of para-hydroxylation sites is 1. The van der Waals surface area contributed by atoms with E-state index in [2.05, 4.69) is 15.9 Å². The number of aliphatic hydroxyl groups is 1. The van der Waals surface area contributed by atoms with Crippen molar-refractivity contribution in [1.29, 1.82) is 0 Å². The Morgan fingerprint density at radius 2 is 1.88 bits per heavy atom. The van der Waals surface area contributed by atoms with Gasteiger partial charge in [-0.3, -0.25) is 14.5 Å². The SMILES string of the molecule is CN1C(=O)[C@]2(c3ccccc31)C(c1ccc(Br)cc1)CC(O)N2C=O. The van der Waals surface area contributed by atoms with Gasteiger partial charge in [-0.1, -0.05) is 46.3 Å². The maximum Gasteiger partial charge on any atom is 0.258 e. The van der Waals surface area contributed by atoms with Gasteiger partial charge in [-0.2, -0.15) is 0 Å². The number of aliphatic hydroxyl groups excluding tert-OH is 1. The Hall–Kier alpha value is -2.18. The van der Waals surface area contributed by atoms with E-state index in [4.69, 9.17) is 0 Å². The molecule has 0 aromatic heterocycles. The fourth-order valence-corrected chi connectivity index (χ4v) is 4.56. The molecule has 1 fully saturated rings. The summed E-state index contributed by atoms with van der Waals surface area (Å²) in [6.07, 6.45) is -0.0966. The van der Waals surface area contributed by atoms with Crippen molar-refractivity contribution < 1.29 is 14.7 Å². The highest BCUT2D eigenvalue weighted by atomic mass is 79.9. The van der Waals surface area contributed by atoms with Gasteiger partial charge in [-0.05, 0) is 23.8 Å². The summed E-state index contributed by atoms with van der Waals surface area (Å²) in [5.41, 5.74) is 1.25. The van der Waals surface area contributed by atoms with Crippen LogP contribution in [0.1, 0.15) is 23.5 Å². The molecule has 0 aliphatic carbocycles. The van der Waals surface area contributed by atoms with Gasteiger partial charge in [-0.15, -0.1) is 0 Å². The van der Waals surface area contributed by atoms with E-state index in [1.165, 1.54) is 4.90 Å². The Bertz CT molecular complexity index is 854. The van der Waals surface area contributed by atoms with Gasteiger partial charge in [-0.25, -0.2) is 0 Å². The van der Waals surface area contributed by atoms with Gasteiger partial charge in [0.05, 0.1) is 0 Å². The van der Waals surface area contributed by atoms with Crippen molar-refractivity contribution in [2.45, 2.75) is 24.1 Å². The lowest BCUT2D eigenvalue weighted by Crippen LogP contribution is -2.52. The van der Waals surface area contributed by atoms with Crippen LogP contribution in [-0.4, -0.2) is 35.6 Å². The van der Waals surface area contributed by atoms with Crippen molar-refractivity contribution in [3.8, 4) is 0 Å². The fourth-order valence-electron chi connectivity index (χ4n) is 4.29. The van der Waals surface area contributed by atoms with Gasteiger partial charge < -0.3 is 10.0 Å². The highest BCUT2D eigenvalue weighted by Crippen LogP contribution is 2.57. The number of hydrogen-bond acceptors (Lipinski definition) is 3. The van der Waals surface area contributed by atoms with Gasteiger partial charge in [0, 0.05) is 35.1 Å².